The lowest BCUT2D eigenvalue weighted by molar-refractivity contribution is -0.384. The van der Waals surface area contributed by atoms with Crippen molar-refractivity contribution < 1.29 is 19.2 Å². The largest absolute Gasteiger partial charge is 0.465 e. The quantitative estimate of drug-likeness (QED) is 0.274. The van der Waals surface area contributed by atoms with Crippen LogP contribution in [0.1, 0.15) is 29.6 Å². The van der Waals surface area contributed by atoms with Gasteiger partial charge in [-0.15, -0.1) is 11.6 Å². The summed E-state index contributed by atoms with van der Waals surface area (Å²) in [5.41, 5.74) is -0.114. The summed E-state index contributed by atoms with van der Waals surface area (Å²) in [5.74, 6) is -0.538. The smallest absolute Gasteiger partial charge is 0.338 e. The Morgan fingerprint density at radius 3 is 2.62 bits per heavy atom. The van der Waals surface area contributed by atoms with Crippen molar-refractivity contribution >= 4 is 34.9 Å². The van der Waals surface area contributed by atoms with Gasteiger partial charge in [-0.05, 0) is 18.9 Å². The fourth-order valence-corrected chi connectivity index (χ4v) is 1.82. The molecule has 114 valence electrons. The average molecular weight is 315 g/mol. The zero-order valence-electron chi connectivity index (χ0n) is 11.4. The standard InChI is InChI=1S/C13H15ClN2O5/c1-21-13(18)9-6-10(8-11(7-9)16(19)20)15-12(17)4-2-3-5-14/h6-8H,2-5H2,1H3,(H,15,17). The van der Waals surface area contributed by atoms with Crippen LogP contribution in [0.4, 0.5) is 11.4 Å². The number of carbonyl (C=O) groups is 2. The van der Waals surface area contributed by atoms with Crippen molar-refractivity contribution in [3.8, 4) is 0 Å². The van der Waals surface area contributed by atoms with Crippen LogP contribution in [0.5, 0.6) is 0 Å². The third kappa shape index (κ3) is 5.39. The maximum Gasteiger partial charge on any atom is 0.338 e. The van der Waals surface area contributed by atoms with Crippen molar-refractivity contribution in [2.75, 3.05) is 18.3 Å². The molecule has 0 heterocycles. The topological polar surface area (TPSA) is 98.5 Å². The number of hydrogen-bond donors (Lipinski definition) is 1. The molecule has 0 aliphatic heterocycles. The molecule has 0 saturated carbocycles. The van der Waals surface area contributed by atoms with Crippen LogP contribution < -0.4 is 5.32 Å². The molecule has 1 aromatic carbocycles. The van der Waals surface area contributed by atoms with Crippen molar-refractivity contribution in [2.24, 2.45) is 0 Å². The first-order valence-corrected chi connectivity index (χ1v) is 6.75. The fraction of sp³-hybridized carbons (Fsp3) is 0.385. The molecule has 1 rings (SSSR count). The van der Waals surface area contributed by atoms with Crippen molar-refractivity contribution in [3.05, 3.63) is 33.9 Å². The van der Waals surface area contributed by atoms with E-state index in [1.807, 2.05) is 0 Å². The van der Waals surface area contributed by atoms with Crippen molar-refractivity contribution in [1.29, 1.82) is 0 Å². The van der Waals surface area contributed by atoms with E-state index in [2.05, 4.69) is 10.1 Å². The van der Waals surface area contributed by atoms with E-state index in [1.54, 1.807) is 0 Å². The monoisotopic (exact) mass is 314 g/mol. The number of benzene rings is 1. The minimum Gasteiger partial charge on any atom is -0.465 e. The van der Waals surface area contributed by atoms with Gasteiger partial charge in [0.15, 0.2) is 0 Å². The SMILES string of the molecule is COC(=O)c1cc(NC(=O)CCCCCl)cc([N+](=O)[O-])c1. The third-order valence-electron chi connectivity index (χ3n) is 2.62. The number of unbranched alkanes of at least 4 members (excludes halogenated alkanes) is 1. The zero-order chi connectivity index (χ0) is 15.8. The van der Waals surface area contributed by atoms with E-state index in [1.165, 1.54) is 19.2 Å². The summed E-state index contributed by atoms with van der Waals surface area (Å²) in [6.07, 6.45) is 1.58. The lowest BCUT2D eigenvalue weighted by Gasteiger charge is -2.07. The van der Waals surface area contributed by atoms with Gasteiger partial charge in [0.1, 0.15) is 0 Å². The predicted molar refractivity (Wildman–Crippen MR) is 77.6 cm³/mol. The van der Waals surface area contributed by atoms with Crippen LogP contribution >= 0.6 is 11.6 Å². The van der Waals surface area contributed by atoms with E-state index in [-0.39, 0.29) is 29.3 Å². The molecule has 0 saturated heterocycles. The van der Waals surface area contributed by atoms with Crippen LogP contribution in [-0.2, 0) is 9.53 Å². The van der Waals surface area contributed by atoms with E-state index in [0.717, 1.165) is 6.07 Å². The molecule has 0 radical (unpaired) electrons. The minimum absolute atomic E-state index is 0.00255. The van der Waals surface area contributed by atoms with E-state index >= 15 is 0 Å². The number of halogens is 1. The number of carbonyl (C=O) groups excluding carboxylic acids is 2. The Kier molecular flexibility index (Phi) is 6.61. The number of rotatable bonds is 7. The van der Waals surface area contributed by atoms with Gasteiger partial charge in [0.05, 0.1) is 17.6 Å². The van der Waals surface area contributed by atoms with Gasteiger partial charge in [-0.1, -0.05) is 0 Å². The number of nitrogens with zero attached hydrogens (tertiary/aromatic N) is 1. The fourth-order valence-electron chi connectivity index (χ4n) is 1.63. The van der Waals surface area contributed by atoms with Crippen LogP contribution in [0, 0.1) is 10.1 Å². The number of alkyl halides is 1. The number of anilines is 1. The second kappa shape index (κ2) is 8.21. The first-order chi connectivity index (χ1) is 9.97. The molecule has 1 amide bonds. The molecule has 21 heavy (non-hydrogen) atoms. The Morgan fingerprint density at radius 2 is 2.05 bits per heavy atom. The highest BCUT2D eigenvalue weighted by Gasteiger charge is 2.16. The number of amides is 1. The molecular formula is C13H15ClN2O5. The molecule has 0 aliphatic carbocycles. The Balaban J connectivity index is 2.90. The molecule has 7 nitrogen and oxygen atoms in total. The number of ether oxygens (including phenoxy) is 1. The van der Waals surface area contributed by atoms with Crippen molar-refractivity contribution in [3.63, 3.8) is 0 Å². The maximum atomic E-state index is 11.7. The zero-order valence-corrected chi connectivity index (χ0v) is 12.2. The first kappa shape index (κ1) is 16.9. The van der Waals surface area contributed by atoms with E-state index in [4.69, 9.17) is 11.6 Å². The number of hydrogen-bond acceptors (Lipinski definition) is 5. The highest BCUT2D eigenvalue weighted by Crippen LogP contribution is 2.22. The third-order valence-corrected chi connectivity index (χ3v) is 2.89. The van der Waals surface area contributed by atoms with Crippen LogP contribution in [-0.4, -0.2) is 29.8 Å². The lowest BCUT2D eigenvalue weighted by Crippen LogP contribution is -2.12. The molecule has 1 N–H and O–H groups in total. The summed E-state index contributed by atoms with van der Waals surface area (Å²) in [6, 6.07) is 3.61. The number of esters is 1. The van der Waals surface area contributed by atoms with E-state index in [0.29, 0.717) is 18.7 Å². The normalized spacial score (nSPS) is 10.0. The van der Waals surface area contributed by atoms with Gasteiger partial charge in [-0.3, -0.25) is 14.9 Å². The number of nitrogens with one attached hydrogen (secondary N) is 1. The maximum absolute atomic E-state index is 11.7. The predicted octanol–water partition coefficient (Wildman–Crippen LogP) is 2.73. The number of nitro benzene ring substituents is 1. The van der Waals surface area contributed by atoms with Gasteiger partial charge < -0.3 is 10.1 Å². The summed E-state index contributed by atoms with van der Waals surface area (Å²) < 4.78 is 4.52. The molecule has 0 aromatic heterocycles. The van der Waals surface area contributed by atoms with E-state index in [9.17, 15) is 19.7 Å². The molecule has 0 aliphatic rings. The highest BCUT2D eigenvalue weighted by molar-refractivity contribution is 6.17. The molecule has 0 bridgehead atoms. The summed E-state index contributed by atoms with van der Waals surface area (Å²) in [6.45, 7) is 0. The number of non-ortho nitro benzene ring substituents is 1. The van der Waals surface area contributed by atoms with Gasteiger partial charge in [-0.2, -0.15) is 0 Å². The van der Waals surface area contributed by atoms with E-state index < -0.39 is 10.9 Å². The summed E-state index contributed by atoms with van der Waals surface area (Å²) in [4.78, 5) is 33.3. The molecule has 0 spiro atoms. The molecule has 0 fully saturated rings. The van der Waals surface area contributed by atoms with Gasteiger partial charge >= 0.3 is 5.97 Å². The number of nitro groups is 1. The average Bonchev–Trinajstić information content (AvgIpc) is 2.46. The highest BCUT2D eigenvalue weighted by atomic mass is 35.5. The molecule has 0 unspecified atom stereocenters. The van der Waals surface area contributed by atoms with Crippen LogP contribution in [0.2, 0.25) is 0 Å². The van der Waals surface area contributed by atoms with Crippen LogP contribution in [0.3, 0.4) is 0 Å². The molecule has 0 atom stereocenters. The Morgan fingerprint density at radius 1 is 1.33 bits per heavy atom. The molecule has 8 heteroatoms. The second-order valence-electron chi connectivity index (χ2n) is 4.21. The Bertz CT molecular complexity index is 547. The van der Waals surface area contributed by atoms with Crippen molar-refractivity contribution in [1.82, 2.24) is 0 Å². The van der Waals surface area contributed by atoms with Crippen molar-refractivity contribution in [2.45, 2.75) is 19.3 Å². The summed E-state index contributed by atoms with van der Waals surface area (Å²) in [5, 5.41) is 13.4. The number of methoxy groups -OCH3 is 1. The molecular weight excluding hydrogens is 300 g/mol. The van der Waals surface area contributed by atoms with Crippen LogP contribution in [0.15, 0.2) is 18.2 Å². The van der Waals surface area contributed by atoms with Crippen LogP contribution in [0.25, 0.3) is 0 Å². The van der Waals surface area contributed by atoms with Gasteiger partial charge in [0, 0.05) is 30.1 Å². The molecule has 1 aromatic rings. The summed E-state index contributed by atoms with van der Waals surface area (Å²) in [7, 11) is 1.17. The van der Waals surface area contributed by atoms with Gasteiger partial charge in [0.2, 0.25) is 5.91 Å². The first-order valence-electron chi connectivity index (χ1n) is 6.21. The second-order valence-corrected chi connectivity index (χ2v) is 4.59. The summed E-state index contributed by atoms with van der Waals surface area (Å²) >= 11 is 5.51. The minimum atomic E-state index is -0.712. The Hall–Kier alpha value is -2.15. The lowest BCUT2D eigenvalue weighted by atomic mass is 10.1. The Labute approximate surface area is 126 Å². The van der Waals surface area contributed by atoms with Gasteiger partial charge in [0.25, 0.3) is 5.69 Å². The van der Waals surface area contributed by atoms with Gasteiger partial charge in [-0.25, -0.2) is 4.79 Å².